The summed E-state index contributed by atoms with van der Waals surface area (Å²) in [6.07, 6.45) is 8.44. The molecule has 0 bridgehead atoms. The van der Waals surface area contributed by atoms with Crippen LogP contribution in [0, 0.1) is 0 Å². The molecule has 0 atom stereocenters. The van der Waals surface area contributed by atoms with Crippen molar-refractivity contribution in [1.82, 2.24) is 9.38 Å². The number of hydrogen-bond donors (Lipinski definition) is 1. The fourth-order valence-corrected chi connectivity index (χ4v) is 3.63. The highest BCUT2D eigenvalue weighted by Crippen LogP contribution is 2.24. The fourth-order valence-electron chi connectivity index (χ4n) is 3.47. The van der Waals surface area contributed by atoms with E-state index in [4.69, 9.17) is 11.6 Å². The highest BCUT2D eigenvalue weighted by atomic mass is 35.5. The molecule has 1 N–H and O–H groups in total. The number of amides is 1. The van der Waals surface area contributed by atoms with Crippen molar-refractivity contribution in [1.29, 1.82) is 0 Å². The number of aryl methyl sites for hydroxylation is 1. The summed E-state index contributed by atoms with van der Waals surface area (Å²) in [5.74, 6) is -0.117. The van der Waals surface area contributed by atoms with Crippen molar-refractivity contribution < 1.29 is 4.79 Å². The van der Waals surface area contributed by atoms with Crippen LogP contribution in [0.15, 0.2) is 73.1 Å². The summed E-state index contributed by atoms with van der Waals surface area (Å²) < 4.78 is 1.89. The van der Waals surface area contributed by atoms with Gasteiger partial charge in [-0.2, -0.15) is 0 Å². The second-order valence-electron chi connectivity index (χ2n) is 7.43. The van der Waals surface area contributed by atoms with Crippen molar-refractivity contribution in [2.45, 2.75) is 32.6 Å². The molecule has 0 aliphatic carbocycles. The van der Waals surface area contributed by atoms with Gasteiger partial charge in [0.15, 0.2) is 0 Å². The quantitative estimate of drug-likeness (QED) is 0.342. The summed E-state index contributed by atoms with van der Waals surface area (Å²) in [4.78, 5) is 17.3. The van der Waals surface area contributed by atoms with E-state index in [1.54, 1.807) is 0 Å². The second kappa shape index (κ2) is 9.14. The highest BCUT2D eigenvalue weighted by molar-refractivity contribution is 6.30. The van der Waals surface area contributed by atoms with Gasteiger partial charge in [0.1, 0.15) is 5.65 Å². The van der Waals surface area contributed by atoms with Gasteiger partial charge in [-0.15, -0.1) is 0 Å². The van der Waals surface area contributed by atoms with Gasteiger partial charge in [0.2, 0.25) is 0 Å². The molecule has 0 aliphatic rings. The Bertz CT molecular complexity index is 1160. The normalized spacial score (nSPS) is 11.0. The number of fused-ring (bicyclic) bond motifs is 1. The second-order valence-corrected chi connectivity index (χ2v) is 7.86. The molecule has 2 aromatic heterocycles. The van der Waals surface area contributed by atoms with E-state index in [1.807, 2.05) is 77.5 Å². The van der Waals surface area contributed by atoms with Crippen LogP contribution in [0.5, 0.6) is 0 Å². The van der Waals surface area contributed by atoms with Crippen LogP contribution < -0.4 is 5.32 Å². The lowest BCUT2D eigenvalue weighted by Gasteiger charge is -2.08. The fraction of sp³-hybridized carbons (Fsp3) is 0.200. The Morgan fingerprint density at radius 3 is 2.67 bits per heavy atom. The lowest BCUT2D eigenvalue weighted by molar-refractivity contribution is 0.102. The molecule has 152 valence electrons. The van der Waals surface area contributed by atoms with E-state index >= 15 is 0 Å². The molecule has 2 aromatic carbocycles. The third-order valence-corrected chi connectivity index (χ3v) is 5.34. The van der Waals surface area contributed by atoms with Gasteiger partial charge in [-0.05, 0) is 54.8 Å². The van der Waals surface area contributed by atoms with Gasteiger partial charge in [0.05, 0.1) is 10.7 Å². The van der Waals surface area contributed by atoms with E-state index in [1.165, 1.54) is 24.8 Å². The predicted octanol–water partition coefficient (Wildman–Crippen LogP) is 6.64. The van der Waals surface area contributed by atoms with Gasteiger partial charge < -0.3 is 9.72 Å². The Morgan fingerprint density at radius 2 is 1.87 bits per heavy atom. The summed E-state index contributed by atoms with van der Waals surface area (Å²) >= 11 is 6.06. The van der Waals surface area contributed by atoms with E-state index < -0.39 is 0 Å². The molecule has 4 rings (SSSR count). The van der Waals surface area contributed by atoms with Gasteiger partial charge in [0.25, 0.3) is 5.91 Å². The maximum Gasteiger partial charge on any atom is 0.255 e. The molecular weight excluding hydrogens is 394 g/mol. The van der Waals surface area contributed by atoms with Crippen molar-refractivity contribution in [3.8, 4) is 11.3 Å². The van der Waals surface area contributed by atoms with Crippen LogP contribution in [-0.4, -0.2) is 15.3 Å². The number of carbonyl (C=O) groups excluding carboxylic acids is 1. The van der Waals surface area contributed by atoms with Crippen molar-refractivity contribution in [3.05, 3.63) is 89.2 Å². The van der Waals surface area contributed by atoms with Crippen molar-refractivity contribution >= 4 is 28.8 Å². The molecule has 0 radical (unpaired) electrons. The number of nitrogens with one attached hydrogen (secondary N) is 1. The summed E-state index contributed by atoms with van der Waals surface area (Å²) in [7, 11) is 0. The number of unbranched alkanes of at least 4 members (excludes halogenated alkanes) is 2. The molecule has 1 amide bonds. The van der Waals surface area contributed by atoms with Gasteiger partial charge in [-0.3, -0.25) is 4.79 Å². The third kappa shape index (κ3) is 4.71. The van der Waals surface area contributed by atoms with Gasteiger partial charge in [0, 0.05) is 29.2 Å². The molecule has 0 fully saturated rings. The van der Waals surface area contributed by atoms with Crippen LogP contribution >= 0.6 is 11.6 Å². The van der Waals surface area contributed by atoms with Crippen LogP contribution in [0.3, 0.4) is 0 Å². The first-order valence-corrected chi connectivity index (χ1v) is 10.6. The number of hydrogen-bond acceptors (Lipinski definition) is 2. The average molecular weight is 418 g/mol. The number of anilines is 1. The monoisotopic (exact) mass is 417 g/mol. The Hall–Kier alpha value is -3.11. The first-order chi connectivity index (χ1) is 14.6. The Morgan fingerprint density at radius 1 is 1.03 bits per heavy atom. The summed E-state index contributed by atoms with van der Waals surface area (Å²) in [6, 6.07) is 19.3. The maximum atomic E-state index is 12.7. The Labute approximate surface area is 181 Å². The topological polar surface area (TPSA) is 46.4 Å². The lowest BCUT2D eigenvalue weighted by atomic mass is 10.0. The molecule has 5 heteroatoms. The minimum Gasteiger partial charge on any atom is -0.322 e. The molecule has 0 unspecified atom stereocenters. The Kier molecular flexibility index (Phi) is 6.15. The van der Waals surface area contributed by atoms with Crippen LogP contribution in [0.25, 0.3) is 16.9 Å². The third-order valence-electron chi connectivity index (χ3n) is 5.12. The average Bonchev–Trinajstić information content (AvgIpc) is 3.18. The number of benzene rings is 2. The molecule has 4 aromatic rings. The van der Waals surface area contributed by atoms with Crippen molar-refractivity contribution in [2.75, 3.05) is 5.32 Å². The smallest absolute Gasteiger partial charge is 0.255 e. The minimum absolute atomic E-state index is 0.117. The Balaban J connectivity index is 1.47. The largest absolute Gasteiger partial charge is 0.322 e. The zero-order valence-electron chi connectivity index (χ0n) is 16.9. The zero-order valence-corrected chi connectivity index (χ0v) is 17.7. The first-order valence-electron chi connectivity index (χ1n) is 10.3. The molecule has 4 nitrogen and oxygen atoms in total. The van der Waals surface area contributed by atoms with Gasteiger partial charge in [-0.25, -0.2) is 4.98 Å². The standard InChI is InChI=1S/C25H24ClN3O/c1-2-3-4-6-18-9-11-19(12-10-18)25(30)27-22-8-5-7-20(15-22)23-17-29-16-21(26)13-14-24(29)28-23/h5,7-17H,2-4,6H2,1H3,(H,27,30). The minimum atomic E-state index is -0.117. The number of halogens is 1. The van der Waals surface area contributed by atoms with Crippen molar-refractivity contribution in [2.24, 2.45) is 0 Å². The highest BCUT2D eigenvalue weighted by Gasteiger charge is 2.09. The zero-order chi connectivity index (χ0) is 20.9. The molecule has 0 spiro atoms. The molecule has 2 heterocycles. The first kappa shape index (κ1) is 20.2. The molecular formula is C25H24ClN3O. The van der Waals surface area contributed by atoms with E-state index in [-0.39, 0.29) is 5.91 Å². The van der Waals surface area contributed by atoms with Crippen LogP contribution in [0.1, 0.15) is 42.1 Å². The summed E-state index contributed by atoms with van der Waals surface area (Å²) in [5, 5.41) is 3.64. The van der Waals surface area contributed by atoms with Gasteiger partial charge >= 0.3 is 0 Å². The molecule has 0 saturated carbocycles. The number of imidazole rings is 1. The summed E-state index contributed by atoms with van der Waals surface area (Å²) in [5.41, 5.74) is 5.24. The van der Waals surface area contributed by atoms with Crippen LogP contribution in [0.2, 0.25) is 5.02 Å². The number of rotatable bonds is 7. The molecule has 30 heavy (non-hydrogen) atoms. The van der Waals surface area contributed by atoms with E-state index in [2.05, 4.69) is 17.2 Å². The molecule has 0 aliphatic heterocycles. The number of carbonyl (C=O) groups is 1. The number of aromatic nitrogens is 2. The van der Waals surface area contributed by atoms with E-state index in [0.29, 0.717) is 10.6 Å². The van der Waals surface area contributed by atoms with Crippen LogP contribution in [-0.2, 0) is 6.42 Å². The van der Waals surface area contributed by atoms with E-state index in [9.17, 15) is 4.79 Å². The molecule has 0 saturated heterocycles. The predicted molar refractivity (Wildman–Crippen MR) is 123 cm³/mol. The summed E-state index contributed by atoms with van der Waals surface area (Å²) in [6.45, 7) is 2.20. The van der Waals surface area contributed by atoms with Crippen molar-refractivity contribution in [3.63, 3.8) is 0 Å². The van der Waals surface area contributed by atoms with E-state index in [0.717, 1.165) is 29.0 Å². The number of pyridine rings is 1. The van der Waals surface area contributed by atoms with Gasteiger partial charge in [-0.1, -0.05) is 55.6 Å². The SMILES string of the molecule is CCCCCc1ccc(C(=O)Nc2cccc(-c3cn4cc(Cl)ccc4n3)c2)cc1. The maximum absolute atomic E-state index is 12.7. The van der Waals surface area contributed by atoms with Crippen LogP contribution in [0.4, 0.5) is 5.69 Å². The lowest BCUT2D eigenvalue weighted by Crippen LogP contribution is -2.11. The number of nitrogens with zero attached hydrogens (tertiary/aromatic N) is 2.